The van der Waals surface area contributed by atoms with E-state index in [-0.39, 0.29) is 6.10 Å². The molecule has 2 N–H and O–H groups in total. The van der Waals surface area contributed by atoms with Crippen LogP contribution in [0.4, 0.5) is 28.8 Å². The third-order valence-corrected chi connectivity index (χ3v) is 5.88. The first-order valence-electron chi connectivity index (χ1n) is 10.9. The van der Waals surface area contributed by atoms with Crippen LogP contribution < -0.4 is 20.3 Å². The maximum absolute atomic E-state index is 6.34. The molecular formula is C24H28Cl2N6O. The van der Waals surface area contributed by atoms with Crippen LogP contribution in [0, 0.1) is 0 Å². The number of ether oxygens (including phenoxy) is 1. The van der Waals surface area contributed by atoms with Crippen LogP contribution in [0.1, 0.15) is 13.8 Å². The molecule has 2 heterocycles. The molecule has 3 aromatic rings. The highest BCUT2D eigenvalue weighted by atomic mass is 35.5. The molecule has 0 spiro atoms. The minimum absolute atomic E-state index is 0.0128. The maximum atomic E-state index is 6.34. The second-order valence-corrected chi connectivity index (χ2v) is 9.10. The first-order chi connectivity index (χ1) is 15.9. The molecule has 9 heteroatoms. The minimum Gasteiger partial charge on any atom is -0.489 e. The number of nitrogens with zero attached hydrogens (tertiary/aromatic N) is 4. The summed E-state index contributed by atoms with van der Waals surface area (Å²) in [5, 5.41) is 7.43. The summed E-state index contributed by atoms with van der Waals surface area (Å²) in [6.07, 6.45) is 1.58. The van der Waals surface area contributed by atoms with E-state index in [1.54, 1.807) is 12.3 Å². The second-order valence-electron chi connectivity index (χ2n) is 8.29. The third kappa shape index (κ3) is 6.19. The largest absolute Gasteiger partial charge is 0.489 e. The third-order valence-electron chi connectivity index (χ3n) is 5.29. The smallest absolute Gasteiger partial charge is 0.229 e. The molecule has 1 aliphatic rings. The zero-order chi connectivity index (χ0) is 23.4. The Morgan fingerprint density at radius 3 is 2.30 bits per heavy atom. The molecule has 1 saturated heterocycles. The van der Waals surface area contributed by atoms with E-state index in [2.05, 4.69) is 49.6 Å². The molecule has 33 heavy (non-hydrogen) atoms. The van der Waals surface area contributed by atoms with Gasteiger partial charge in [0.1, 0.15) is 10.8 Å². The standard InChI is InChI=1S/C24H28Cl2N6O/c1-16(2)33-22-14-18(6-9-20(22)25)28-23-21(26)15-27-24(30-23)29-17-4-7-19(8-5-17)32-12-10-31(3)11-13-32/h4-9,14-16H,10-13H2,1-3H3,(H2,27,28,29,30). The number of hydrogen-bond donors (Lipinski definition) is 2. The molecule has 7 nitrogen and oxygen atoms in total. The molecule has 1 aromatic heterocycles. The highest BCUT2D eigenvalue weighted by Gasteiger charge is 2.14. The number of nitrogens with one attached hydrogen (secondary N) is 2. The summed E-state index contributed by atoms with van der Waals surface area (Å²) < 4.78 is 5.76. The van der Waals surface area contributed by atoms with Crippen molar-refractivity contribution in [1.29, 1.82) is 0 Å². The van der Waals surface area contributed by atoms with Gasteiger partial charge >= 0.3 is 0 Å². The molecule has 0 amide bonds. The number of aromatic nitrogens is 2. The summed E-state index contributed by atoms with van der Waals surface area (Å²) in [6, 6.07) is 13.8. The Balaban J connectivity index is 1.45. The number of hydrogen-bond acceptors (Lipinski definition) is 7. The van der Waals surface area contributed by atoms with Gasteiger partial charge in [0.05, 0.1) is 17.3 Å². The first kappa shape index (κ1) is 23.4. The fourth-order valence-corrected chi connectivity index (χ4v) is 3.83. The van der Waals surface area contributed by atoms with Crippen molar-refractivity contribution in [3.05, 3.63) is 58.7 Å². The predicted molar refractivity (Wildman–Crippen MR) is 137 cm³/mol. The molecule has 0 aliphatic carbocycles. The van der Waals surface area contributed by atoms with Crippen LogP contribution in [0.2, 0.25) is 10.0 Å². The topological polar surface area (TPSA) is 65.6 Å². The maximum Gasteiger partial charge on any atom is 0.229 e. The molecule has 0 saturated carbocycles. The summed E-state index contributed by atoms with van der Waals surface area (Å²) in [4.78, 5) is 13.6. The van der Waals surface area contributed by atoms with E-state index >= 15 is 0 Å². The Kier molecular flexibility index (Phi) is 7.42. The van der Waals surface area contributed by atoms with E-state index in [9.17, 15) is 0 Å². The van der Waals surface area contributed by atoms with Gasteiger partial charge < -0.3 is 25.2 Å². The molecule has 0 radical (unpaired) electrons. The van der Waals surface area contributed by atoms with Gasteiger partial charge in [0.15, 0.2) is 5.82 Å². The van der Waals surface area contributed by atoms with Crippen molar-refractivity contribution in [3.63, 3.8) is 0 Å². The van der Waals surface area contributed by atoms with Crippen molar-refractivity contribution < 1.29 is 4.74 Å². The Morgan fingerprint density at radius 1 is 0.909 bits per heavy atom. The van der Waals surface area contributed by atoms with Crippen LogP contribution in [0.15, 0.2) is 48.7 Å². The molecule has 0 bridgehead atoms. The van der Waals surface area contributed by atoms with Crippen molar-refractivity contribution in [2.24, 2.45) is 0 Å². The lowest BCUT2D eigenvalue weighted by Crippen LogP contribution is -2.44. The zero-order valence-corrected chi connectivity index (χ0v) is 20.5. The van der Waals surface area contributed by atoms with E-state index in [4.69, 9.17) is 27.9 Å². The number of anilines is 5. The molecule has 1 fully saturated rings. The van der Waals surface area contributed by atoms with Crippen LogP contribution in [0.5, 0.6) is 5.75 Å². The molecule has 174 valence electrons. The minimum atomic E-state index is 0.0128. The molecule has 2 aromatic carbocycles. The summed E-state index contributed by atoms with van der Waals surface area (Å²) in [7, 11) is 2.16. The van der Waals surface area contributed by atoms with E-state index in [0.29, 0.717) is 27.6 Å². The van der Waals surface area contributed by atoms with Crippen molar-refractivity contribution in [2.75, 3.05) is 48.8 Å². The Bertz CT molecular complexity index is 1080. The normalized spacial score (nSPS) is 14.4. The Labute approximate surface area is 204 Å². The van der Waals surface area contributed by atoms with Crippen molar-refractivity contribution in [3.8, 4) is 5.75 Å². The lowest BCUT2D eigenvalue weighted by Gasteiger charge is -2.34. The van der Waals surface area contributed by atoms with E-state index < -0.39 is 0 Å². The van der Waals surface area contributed by atoms with Gasteiger partial charge in [0.25, 0.3) is 0 Å². The number of benzene rings is 2. The monoisotopic (exact) mass is 486 g/mol. The van der Waals surface area contributed by atoms with Gasteiger partial charge in [-0.1, -0.05) is 23.2 Å². The molecule has 0 unspecified atom stereocenters. The van der Waals surface area contributed by atoms with Gasteiger partial charge in [-0.05, 0) is 57.3 Å². The SMILES string of the molecule is CC(C)Oc1cc(Nc2nc(Nc3ccc(N4CCN(C)CC4)cc3)ncc2Cl)ccc1Cl. The van der Waals surface area contributed by atoms with Gasteiger partial charge in [-0.15, -0.1) is 0 Å². The van der Waals surface area contributed by atoms with Crippen LogP contribution in [0.25, 0.3) is 0 Å². The van der Waals surface area contributed by atoms with Gasteiger partial charge in [-0.3, -0.25) is 0 Å². The van der Waals surface area contributed by atoms with Crippen molar-refractivity contribution in [2.45, 2.75) is 20.0 Å². The van der Waals surface area contributed by atoms with Crippen LogP contribution in [-0.2, 0) is 0 Å². The fraction of sp³-hybridized carbons (Fsp3) is 0.333. The lowest BCUT2D eigenvalue weighted by molar-refractivity contribution is 0.242. The average molecular weight is 487 g/mol. The van der Waals surface area contributed by atoms with Crippen molar-refractivity contribution in [1.82, 2.24) is 14.9 Å². The van der Waals surface area contributed by atoms with Gasteiger partial charge in [-0.2, -0.15) is 4.98 Å². The quantitative estimate of drug-likeness (QED) is 0.436. The highest BCUT2D eigenvalue weighted by molar-refractivity contribution is 6.33. The van der Waals surface area contributed by atoms with E-state index in [1.165, 1.54) is 5.69 Å². The van der Waals surface area contributed by atoms with Gasteiger partial charge in [0, 0.05) is 49.3 Å². The number of piperazine rings is 1. The molecule has 0 atom stereocenters. The van der Waals surface area contributed by atoms with Crippen molar-refractivity contribution >= 4 is 52.0 Å². The number of rotatable bonds is 7. The van der Waals surface area contributed by atoms with E-state index in [0.717, 1.165) is 37.6 Å². The fourth-order valence-electron chi connectivity index (χ4n) is 3.53. The Morgan fingerprint density at radius 2 is 1.61 bits per heavy atom. The molecular weight excluding hydrogens is 459 g/mol. The summed E-state index contributed by atoms with van der Waals surface area (Å²) in [5.74, 6) is 1.53. The van der Waals surface area contributed by atoms with Crippen LogP contribution >= 0.6 is 23.2 Å². The first-order valence-corrected chi connectivity index (χ1v) is 11.7. The summed E-state index contributed by atoms with van der Waals surface area (Å²) >= 11 is 12.6. The summed E-state index contributed by atoms with van der Waals surface area (Å²) in [5.41, 5.74) is 2.88. The molecule has 1 aliphatic heterocycles. The second kappa shape index (κ2) is 10.5. The highest BCUT2D eigenvalue weighted by Crippen LogP contribution is 2.32. The average Bonchev–Trinajstić information content (AvgIpc) is 2.79. The predicted octanol–water partition coefficient (Wildman–Crippen LogP) is 5.81. The van der Waals surface area contributed by atoms with Crippen LogP contribution in [0.3, 0.4) is 0 Å². The van der Waals surface area contributed by atoms with Gasteiger partial charge in [0.2, 0.25) is 5.95 Å². The summed E-state index contributed by atoms with van der Waals surface area (Å²) in [6.45, 7) is 8.13. The van der Waals surface area contributed by atoms with Crippen LogP contribution in [-0.4, -0.2) is 54.2 Å². The molecule has 4 rings (SSSR count). The Hall–Kier alpha value is -2.74. The zero-order valence-electron chi connectivity index (χ0n) is 19.0. The number of likely N-dealkylation sites (N-methyl/N-ethyl adjacent to an activating group) is 1. The number of halogens is 2. The van der Waals surface area contributed by atoms with Gasteiger partial charge in [-0.25, -0.2) is 4.98 Å². The van der Waals surface area contributed by atoms with E-state index in [1.807, 2.05) is 38.1 Å². The lowest BCUT2D eigenvalue weighted by atomic mass is 10.2.